The molecule has 3 heterocycles. The van der Waals surface area contributed by atoms with Gasteiger partial charge in [-0.1, -0.05) is 6.07 Å². The Hall–Kier alpha value is -2.41. The summed E-state index contributed by atoms with van der Waals surface area (Å²) < 4.78 is 0. The summed E-state index contributed by atoms with van der Waals surface area (Å²) in [6, 6.07) is 7.44. The molecule has 3 rings (SSSR count). The van der Waals surface area contributed by atoms with E-state index in [2.05, 4.69) is 20.5 Å². The molecule has 0 spiro atoms. The Bertz CT molecular complexity index is 696. The summed E-state index contributed by atoms with van der Waals surface area (Å²) in [6.07, 6.45) is 4.17. The molecule has 7 heteroatoms. The minimum atomic E-state index is -0.222. The summed E-state index contributed by atoms with van der Waals surface area (Å²) in [5.41, 5.74) is 1.00. The quantitative estimate of drug-likeness (QED) is 0.838. The van der Waals surface area contributed by atoms with Crippen molar-refractivity contribution < 1.29 is 9.59 Å². The highest BCUT2D eigenvalue weighted by atomic mass is 32.1. The molecule has 0 radical (unpaired) electrons. The van der Waals surface area contributed by atoms with Crippen LogP contribution >= 0.6 is 11.3 Å². The summed E-state index contributed by atoms with van der Waals surface area (Å²) in [6.45, 7) is 2.48. The van der Waals surface area contributed by atoms with Gasteiger partial charge in [-0.2, -0.15) is 0 Å². The van der Waals surface area contributed by atoms with Gasteiger partial charge in [0.1, 0.15) is 5.82 Å². The molecule has 2 aromatic rings. The summed E-state index contributed by atoms with van der Waals surface area (Å²) in [7, 11) is 0. The first-order valence-electron chi connectivity index (χ1n) is 8.00. The van der Waals surface area contributed by atoms with Crippen LogP contribution in [0.15, 0.2) is 35.8 Å². The van der Waals surface area contributed by atoms with Crippen LogP contribution < -0.4 is 15.5 Å². The monoisotopic (exact) mass is 344 g/mol. The molecule has 0 saturated carbocycles. The highest BCUT2D eigenvalue weighted by Crippen LogP contribution is 2.18. The van der Waals surface area contributed by atoms with E-state index in [1.165, 1.54) is 24.2 Å². The van der Waals surface area contributed by atoms with Gasteiger partial charge in [-0.15, -0.1) is 11.3 Å². The van der Waals surface area contributed by atoms with E-state index >= 15 is 0 Å². The van der Waals surface area contributed by atoms with Gasteiger partial charge in [-0.25, -0.2) is 4.98 Å². The van der Waals surface area contributed by atoms with Crippen LogP contribution in [-0.2, 0) is 11.3 Å². The van der Waals surface area contributed by atoms with Crippen LogP contribution in [0.5, 0.6) is 0 Å². The second-order valence-corrected chi connectivity index (χ2v) is 6.60. The fraction of sp³-hybridized carbons (Fsp3) is 0.353. The number of hydrogen-bond acceptors (Lipinski definition) is 5. The molecule has 1 aliphatic heterocycles. The lowest BCUT2D eigenvalue weighted by atomic mass is 10.2. The minimum Gasteiger partial charge on any atom is -0.357 e. The number of carbonyl (C=O) groups excluding carboxylic acids is 2. The largest absolute Gasteiger partial charge is 0.357 e. The number of rotatable bonds is 6. The Morgan fingerprint density at radius 3 is 2.79 bits per heavy atom. The second-order valence-electron chi connectivity index (χ2n) is 5.65. The van der Waals surface area contributed by atoms with E-state index < -0.39 is 0 Å². The standard InChI is InChI=1S/C17H20N4O2S/c22-16(12-20-17(23)14-4-3-9-24-14)19-11-13-5-6-18-15(10-13)21-7-1-2-8-21/h3-6,9-10H,1-2,7-8,11-12H2,(H,19,22)(H,20,23). The van der Waals surface area contributed by atoms with Crippen molar-refractivity contribution in [2.45, 2.75) is 19.4 Å². The van der Waals surface area contributed by atoms with Gasteiger partial charge in [0, 0.05) is 25.8 Å². The molecule has 2 aromatic heterocycles. The number of nitrogens with one attached hydrogen (secondary N) is 2. The van der Waals surface area contributed by atoms with Crippen molar-refractivity contribution in [3.05, 3.63) is 46.3 Å². The van der Waals surface area contributed by atoms with E-state index in [0.717, 1.165) is 24.5 Å². The molecule has 126 valence electrons. The van der Waals surface area contributed by atoms with E-state index in [9.17, 15) is 9.59 Å². The topological polar surface area (TPSA) is 74.3 Å². The Labute approximate surface area is 144 Å². The van der Waals surface area contributed by atoms with Crippen LogP contribution in [0.3, 0.4) is 0 Å². The van der Waals surface area contributed by atoms with Crippen LogP contribution in [0.2, 0.25) is 0 Å². The average molecular weight is 344 g/mol. The Kier molecular flexibility index (Phi) is 5.43. The van der Waals surface area contributed by atoms with Crippen molar-refractivity contribution in [3.63, 3.8) is 0 Å². The predicted octanol–water partition coefficient (Wildman–Crippen LogP) is 1.79. The maximum absolute atomic E-state index is 11.9. The highest BCUT2D eigenvalue weighted by Gasteiger charge is 2.14. The first kappa shape index (κ1) is 16.4. The van der Waals surface area contributed by atoms with Crippen molar-refractivity contribution in [2.75, 3.05) is 24.5 Å². The Balaban J connectivity index is 1.46. The number of anilines is 1. The molecule has 24 heavy (non-hydrogen) atoms. The van der Waals surface area contributed by atoms with E-state index in [1.54, 1.807) is 18.3 Å². The fourth-order valence-electron chi connectivity index (χ4n) is 2.61. The van der Waals surface area contributed by atoms with Gasteiger partial charge in [0.15, 0.2) is 0 Å². The summed E-state index contributed by atoms with van der Waals surface area (Å²) >= 11 is 1.35. The maximum atomic E-state index is 11.9. The molecule has 0 atom stereocenters. The zero-order valence-electron chi connectivity index (χ0n) is 13.3. The van der Waals surface area contributed by atoms with Gasteiger partial charge in [0.05, 0.1) is 11.4 Å². The third-order valence-electron chi connectivity index (χ3n) is 3.88. The van der Waals surface area contributed by atoms with E-state index in [-0.39, 0.29) is 18.4 Å². The minimum absolute atomic E-state index is 0.0270. The summed E-state index contributed by atoms with van der Waals surface area (Å²) in [5, 5.41) is 7.27. The highest BCUT2D eigenvalue weighted by molar-refractivity contribution is 7.12. The van der Waals surface area contributed by atoms with Gasteiger partial charge in [0.2, 0.25) is 5.91 Å². The molecule has 1 fully saturated rings. The van der Waals surface area contributed by atoms with E-state index in [0.29, 0.717) is 11.4 Å². The first-order chi connectivity index (χ1) is 11.7. The zero-order chi connectivity index (χ0) is 16.8. The van der Waals surface area contributed by atoms with Gasteiger partial charge in [0.25, 0.3) is 5.91 Å². The Morgan fingerprint density at radius 2 is 2.04 bits per heavy atom. The Morgan fingerprint density at radius 1 is 1.21 bits per heavy atom. The van der Waals surface area contributed by atoms with Crippen LogP contribution in [-0.4, -0.2) is 36.4 Å². The number of nitrogens with zero attached hydrogens (tertiary/aromatic N) is 2. The fourth-order valence-corrected chi connectivity index (χ4v) is 3.25. The van der Waals surface area contributed by atoms with Gasteiger partial charge in [-0.05, 0) is 42.0 Å². The number of thiophene rings is 1. The van der Waals surface area contributed by atoms with Crippen molar-refractivity contribution in [3.8, 4) is 0 Å². The molecule has 0 unspecified atom stereocenters. The van der Waals surface area contributed by atoms with Crippen LogP contribution in [0.1, 0.15) is 28.1 Å². The SMILES string of the molecule is O=C(CNC(=O)c1cccs1)NCc1ccnc(N2CCCC2)c1. The molecular weight excluding hydrogens is 324 g/mol. The number of carbonyl (C=O) groups is 2. The lowest BCUT2D eigenvalue weighted by Crippen LogP contribution is -2.36. The molecule has 1 aliphatic rings. The molecular formula is C17H20N4O2S. The van der Waals surface area contributed by atoms with Crippen molar-refractivity contribution >= 4 is 29.0 Å². The maximum Gasteiger partial charge on any atom is 0.261 e. The van der Waals surface area contributed by atoms with Crippen molar-refractivity contribution in [1.82, 2.24) is 15.6 Å². The summed E-state index contributed by atoms with van der Waals surface area (Å²) in [5.74, 6) is 0.532. The number of hydrogen-bond donors (Lipinski definition) is 2. The van der Waals surface area contributed by atoms with E-state index in [1.807, 2.05) is 17.5 Å². The molecule has 6 nitrogen and oxygen atoms in total. The number of pyridine rings is 1. The van der Waals surface area contributed by atoms with Crippen LogP contribution in [0, 0.1) is 0 Å². The van der Waals surface area contributed by atoms with Gasteiger partial charge >= 0.3 is 0 Å². The molecule has 0 bridgehead atoms. The number of aromatic nitrogens is 1. The number of amides is 2. The summed E-state index contributed by atoms with van der Waals surface area (Å²) in [4.78, 5) is 30.9. The van der Waals surface area contributed by atoms with Gasteiger partial charge < -0.3 is 15.5 Å². The molecule has 0 aliphatic carbocycles. The second kappa shape index (κ2) is 7.92. The predicted molar refractivity (Wildman–Crippen MR) is 94.2 cm³/mol. The van der Waals surface area contributed by atoms with Crippen LogP contribution in [0.25, 0.3) is 0 Å². The first-order valence-corrected chi connectivity index (χ1v) is 8.88. The molecule has 2 N–H and O–H groups in total. The van der Waals surface area contributed by atoms with Crippen molar-refractivity contribution in [1.29, 1.82) is 0 Å². The third kappa shape index (κ3) is 4.32. The third-order valence-corrected chi connectivity index (χ3v) is 4.75. The molecule has 1 saturated heterocycles. The smallest absolute Gasteiger partial charge is 0.261 e. The lowest BCUT2D eigenvalue weighted by Gasteiger charge is -2.17. The lowest BCUT2D eigenvalue weighted by molar-refractivity contribution is -0.120. The zero-order valence-corrected chi connectivity index (χ0v) is 14.1. The van der Waals surface area contributed by atoms with Crippen LogP contribution in [0.4, 0.5) is 5.82 Å². The average Bonchev–Trinajstić information content (AvgIpc) is 3.31. The van der Waals surface area contributed by atoms with Crippen molar-refractivity contribution in [2.24, 2.45) is 0 Å². The van der Waals surface area contributed by atoms with E-state index in [4.69, 9.17) is 0 Å². The normalized spacial score (nSPS) is 13.8. The molecule has 2 amide bonds. The molecule has 0 aromatic carbocycles. The van der Waals surface area contributed by atoms with Gasteiger partial charge in [-0.3, -0.25) is 9.59 Å².